The second-order valence-electron chi connectivity index (χ2n) is 8.67. The van der Waals surface area contributed by atoms with Gasteiger partial charge in [-0.05, 0) is 48.9 Å². The molecule has 4 rings (SSSR count). The second kappa shape index (κ2) is 7.27. The summed E-state index contributed by atoms with van der Waals surface area (Å²) < 4.78 is 0. The third-order valence-electron chi connectivity index (χ3n) is 6.20. The minimum Gasteiger partial charge on any atom is -0.319 e. The monoisotopic (exact) mass is 405 g/mol. The number of hydrogen-bond acceptors (Lipinski definition) is 3. The molecule has 1 fully saturated rings. The van der Waals surface area contributed by atoms with Crippen molar-refractivity contribution in [2.45, 2.75) is 51.6 Å². The topological polar surface area (TPSA) is 69.7 Å². The lowest BCUT2D eigenvalue weighted by atomic mass is 9.90. The average Bonchev–Trinajstić information content (AvgIpc) is 3.16. The molecule has 0 saturated carbocycles. The number of para-hydroxylation sites is 1. The van der Waals surface area contributed by atoms with Crippen molar-refractivity contribution in [1.29, 1.82) is 0 Å². The first kappa shape index (κ1) is 20.1. The van der Waals surface area contributed by atoms with Gasteiger partial charge in [-0.3, -0.25) is 14.5 Å². The van der Waals surface area contributed by atoms with Crippen molar-refractivity contribution in [3.8, 4) is 0 Å². The lowest BCUT2D eigenvalue weighted by molar-refractivity contribution is -0.134. The van der Waals surface area contributed by atoms with Gasteiger partial charge in [-0.15, -0.1) is 0 Å². The molecule has 0 bridgehead atoms. The Labute approximate surface area is 176 Å². The molecular formula is C24H27N3O3. The van der Waals surface area contributed by atoms with Crippen LogP contribution >= 0.6 is 0 Å². The van der Waals surface area contributed by atoms with E-state index in [1.54, 1.807) is 11.8 Å². The van der Waals surface area contributed by atoms with Gasteiger partial charge in [-0.2, -0.15) is 0 Å². The van der Waals surface area contributed by atoms with Crippen LogP contribution in [-0.4, -0.2) is 35.3 Å². The van der Waals surface area contributed by atoms with Gasteiger partial charge in [0, 0.05) is 11.7 Å². The van der Waals surface area contributed by atoms with E-state index in [9.17, 15) is 14.4 Å². The molecule has 2 heterocycles. The van der Waals surface area contributed by atoms with Crippen LogP contribution in [0, 0.1) is 0 Å². The summed E-state index contributed by atoms with van der Waals surface area (Å²) in [5.41, 5.74) is 2.65. The van der Waals surface area contributed by atoms with Gasteiger partial charge in [0.25, 0.3) is 5.91 Å². The van der Waals surface area contributed by atoms with Crippen LogP contribution in [0.3, 0.4) is 0 Å². The summed E-state index contributed by atoms with van der Waals surface area (Å²) in [5, 5.41) is 2.79. The fraction of sp³-hybridized carbons (Fsp3) is 0.375. The lowest BCUT2D eigenvalue weighted by Crippen LogP contribution is -2.46. The van der Waals surface area contributed by atoms with E-state index in [1.165, 1.54) is 0 Å². The molecule has 2 atom stereocenters. The number of amides is 4. The summed E-state index contributed by atoms with van der Waals surface area (Å²) in [6.45, 7) is 7.59. The van der Waals surface area contributed by atoms with E-state index in [0.717, 1.165) is 28.1 Å². The summed E-state index contributed by atoms with van der Waals surface area (Å²) in [4.78, 5) is 41.7. The molecule has 2 aliphatic rings. The Morgan fingerprint density at radius 2 is 1.80 bits per heavy atom. The van der Waals surface area contributed by atoms with Crippen LogP contribution in [-0.2, 0) is 21.5 Å². The molecule has 0 aliphatic carbocycles. The van der Waals surface area contributed by atoms with Crippen LogP contribution in [0.4, 0.5) is 10.5 Å². The van der Waals surface area contributed by atoms with Gasteiger partial charge in [-0.1, -0.05) is 56.3 Å². The van der Waals surface area contributed by atoms with Crippen LogP contribution in [0.25, 0.3) is 0 Å². The molecule has 0 spiro atoms. The van der Waals surface area contributed by atoms with Gasteiger partial charge in [-0.25, -0.2) is 4.79 Å². The maximum absolute atomic E-state index is 13.2. The Hall–Kier alpha value is -3.15. The fourth-order valence-corrected chi connectivity index (χ4v) is 4.39. The van der Waals surface area contributed by atoms with Gasteiger partial charge in [0.05, 0.1) is 0 Å². The normalized spacial score (nSPS) is 23.2. The quantitative estimate of drug-likeness (QED) is 0.791. The number of anilines is 1. The van der Waals surface area contributed by atoms with Crippen molar-refractivity contribution in [3.05, 3.63) is 65.2 Å². The van der Waals surface area contributed by atoms with Crippen molar-refractivity contribution in [3.63, 3.8) is 0 Å². The van der Waals surface area contributed by atoms with Crippen LogP contribution in [0.5, 0.6) is 0 Å². The first-order valence-electron chi connectivity index (χ1n) is 10.4. The molecule has 6 heteroatoms. The first-order valence-corrected chi connectivity index (χ1v) is 10.4. The number of urea groups is 1. The third kappa shape index (κ3) is 3.16. The molecule has 6 nitrogen and oxygen atoms in total. The first-order chi connectivity index (χ1) is 14.2. The number of carbonyl (C=O) groups is 3. The maximum atomic E-state index is 13.2. The summed E-state index contributed by atoms with van der Waals surface area (Å²) in [6.07, 6.45) is 0.766. The molecule has 2 aromatic rings. The van der Waals surface area contributed by atoms with Gasteiger partial charge in [0.1, 0.15) is 12.1 Å². The van der Waals surface area contributed by atoms with Crippen molar-refractivity contribution in [2.75, 3.05) is 11.4 Å². The Kier molecular flexibility index (Phi) is 4.88. The minimum absolute atomic E-state index is 0.00868. The van der Waals surface area contributed by atoms with E-state index in [-0.39, 0.29) is 18.5 Å². The minimum atomic E-state index is -1.18. The Bertz CT molecular complexity index is 1010. The Balaban J connectivity index is 1.55. The number of benzene rings is 2. The smallest absolute Gasteiger partial charge is 0.319 e. The second-order valence-corrected chi connectivity index (χ2v) is 8.67. The molecule has 2 aliphatic heterocycles. The predicted octanol–water partition coefficient (Wildman–Crippen LogP) is 3.55. The zero-order valence-corrected chi connectivity index (χ0v) is 17.8. The number of nitrogens with one attached hydrogen (secondary N) is 1. The average molecular weight is 405 g/mol. The highest BCUT2D eigenvalue weighted by molar-refractivity contribution is 6.10. The highest BCUT2D eigenvalue weighted by atomic mass is 16.2. The van der Waals surface area contributed by atoms with Crippen molar-refractivity contribution in [2.24, 2.45) is 0 Å². The van der Waals surface area contributed by atoms with Crippen molar-refractivity contribution < 1.29 is 14.4 Å². The molecule has 0 radical (unpaired) electrons. The zero-order chi connectivity index (χ0) is 21.6. The number of imide groups is 1. The molecule has 4 amide bonds. The molecule has 2 aromatic carbocycles. The standard InChI is InChI=1S/C24H27N3O3/c1-15(2)17-9-11-19(12-10-17)24(4)22(29)26(23(30)25-24)14-21(28)27-16(3)13-18-7-5-6-8-20(18)27/h5-12,15-16H,13-14H2,1-4H3,(H,25,30)/t16-,24+/m0/s1. The molecule has 1 N–H and O–H groups in total. The molecule has 0 aromatic heterocycles. The van der Waals surface area contributed by atoms with Crippen molar-refractivity contribution >= 4 is 23.5 Å². The SMILES string of the molecule is CC(C)c1ccc([C@@]2(C)NC(=O)N(CC(=O)N3c4ccccc4C[C@@H]3C)C2=O)cc1. The summed E-state index contributed by atoms with van der Waals surface area (Å²) in [7, 11) is 0. The van der Waals surface area contributed by atoms with Gasteiger partial charge in [0.15, 0.2) is 0 Å². The van der Waals surface area contributed by atoms with E-state index < -0.39 is 17.5 Å². The van der Waals surface area contributed by atoms with Crippen LogP contribution in [0.2, 0.25) is 0 Å². The summed E-state index contributed by atoms with van der Waals surface area (Å²) in [6, 6.07) is 14.9. The number of nitrogens with zero attached hydrogens (tertiary/aromatic N) is 2. The predicted molar refractivity (Wildman–Crippen MR) is 115 cm³/mol. The highest BCUT2D eigenvalue weighted by Crippen LogP contribution is 2.33. The van der Waals surface area contributed by atoms with Gasteiger partial charge >= 0.3 is 6.03 Å². The Morgan fingerprint density at radius 3 is 2.47 bits per heavy atom. The van der Waals surface area contributed by atoms with E-state index in [4.69, 9.17) is 0 Å². The van der Waals surface area contributed by atoms with E-state index in [2.05, 4.69) is 19.2 Å². The summed E-state index contributed by atoms with van der Waals surface area (Å²) >= 11 is 0. The largest absolute Gasteiger partial charge is 0.325 e. The third-order valence-corrected chi connectivity index (χ3v) is 6.20. The zero-order valence-electron chi connectivity index (χ0n) is 17.8. The van der Waals surface area contributed by atoms with Gasteiger partial charge in [0.2, 0.25) is 5.91 Å². The van der Waals surface area contributed by atoms with Crippen LogP contribution in [0.1, 0.15) is 50.3 Å². The Morgan fingerprint density at radius 1 is 1.13 bits per heavy atom. The molecule has 30 heavy (non-hydrogen) atoms. The summed E-state index contributed by atoms with van der Waals surface area (Å²) in [5.74, 6) is -0.284. The van der Waals surface area contributed by atoms with Crippen LogP contribution in [0.15, 0.2) is 48.5 Å². The van der Waals surface area contributed by atoms with Crippen molar-refractivity contribution in [1.82, 2.24) is 10.2 Å². The lowest BCUT2D eigenvalue weighted by Gasteiger charge is -2.26. The fourth-order valence-electron chi connectivity index (χ4n) is 4.39. The molecular weight excluding hydrogens is 378 g/mol. The molecule has 0 unspecified atom stereocenters. The highest BCUT2D eigenvalue weighted by Gasteiger charge is 2.50. The van der Waals surface area contributed by atoms with E-state index in [1.807, 2.05) is 55.5 Å². The molecule has 156 valence electrons. The number of fused-ring (bicyclic) bond motifs is 1. The van der Waals surface area contributed by atoms with Crippen LogP contribution < -0.4 is 10.2 Å². The van der Waals surface area contributed by atoms with E-state index >= 15 is 0 Å². The molecule has 1 saturated heterocycles. The van der Waals surface area contributed by atoms with E-state index in [0.29, 0.717) is 11.5 Å². The number of rotatable bonds is 4. The maximum Gasteiger partial charge on any atom is 0.325 e. The number of carbonyl (C=O) groups excluding carboxylic acids is 3. The number of hydrogen-bond donors (Lipinski definition) is 1. The van der Waals surface area contributed by atoms with Gasteiger partial charge < -0.3 is 10.2 Å².